The van der Waals surface area contributed by atoms with E-state index in [1.54, 1.807) is 39.0 Å². The quantitative estimate of drug-likeness (QED) is 0.329. The van der Waals surface area contributed by atoms with Crippen LogP contribution in [0.15, 0.2) is 18.2 Å². The van der Waals surface area contributed by atoms with E-state index in [4.69, 9.17) is 18.9 Å². The molecule has 3 N–H and O–H groups in total. The van der Waals surface area contributed by atoms with Crippen LogP contribution in [-0.4, -0.2) is 62.5 Å². The Bertz CT molecular complexity index is 575. The Kier molecular flexibility index (Phi) is 8.87. The molecule has 0 radical (unpaired) electrons. The van der Waals surface area contributed by atoms with Gasteiger partial charge < -0.3 is 34.3 Å². The van der Waals surface area contributed by atoms with Gasteiger partial charge >= 0.3 is 13.2 Å². The SMILES string of the molecule is COCOC[C@H](Cc1ccc(OC)c(B(O)O)c1)NC(=O)OC(C)(C)C. The third-order valence-corrected chi connectivity index (χ3v) is 3.30. The summed E-state index contributed by atoms with van der Waals surface area (Å²) in [5.41, 5.74) is 0.408. The maximum atomic E-state index is 12.0. The maximum absolute atomic E-state index is 12.0. The number of hydrogen-bond donors (Lipinski definition) is 3. The molecular weight excluding hydrogens is 341 g/mol. The van der Waals surface area contributed by atoms with Crippen molar-refractivity contribution in [2.75, 3.05) is 27.6 Å². The standard InChI is InChI=1S/C17H28BNO7/c1-17(2,3)26-16(20)19-13(10-25-11-23-4)8-12-6-7-15(24-5)14(9-12)18(21)22/h6-7,9,13,21-22H,8,10-11H2,1-5H3,(H,19,20)/t13-/m0/s1. The van der Waals surface area contributed by atoms with E-state index in [1.165, 1.54) is 14.2 Å². The number of benzene rings is 1. The van der Waals surface area contributed by atoms with Gasteiger partial charge in [0, 0.05) is 12.6 Å². The molecule has 0 saturated carbocycles. The van der Waals surface area contributed by atoms with Gasteiger partial charge in [0.2, 0.25) is 0 Å². The minimum atomic E-state index is -1.66. The summed E-state index contributed by atoms with van der Waals surface area (Å²) >= 11 is 0. The monoisotopic (exact) mass is 369 g/mol. The number of carbonyl (C=O) groups is 1. The van der Waals surface area contributed by atoms with Gasteiger partial charge in [-0.1, -0.05) is 12.1 Å². The van der Waals surface area contributed by atoms with Crippen molar-refractivity contribution in [2.24, 2.45) is 0 Å². The molecule has 0 heterocycles. The van der Waals surface area contributed by atoms with Crippen molar-refractivity contribution in [3.05, 3.63) is 23.8 Å². The number of alkyl carbamates (subject to hydrolysis) is 1. The first-order valence-corrected chi connectivity index (χ1v) is 8.25. The number of carbonyl (C=O) groups excluding carboxylic acids is 1. The minimum absolute atomic E-state index is 0.0930. The molecule has 9 heteroatoms. The van der Waals surface area contributed by atoms with Crippen molar-refractivity contribution >= 4 is 18.7 Å². The minimum Gasteiger partial charge on any atom is -0.497 e. The predicted octanol–water partition coefficient (Wildman–Crippen LogP) is 0.431. The molecule has 0 saturated heterocycles. The molecular formula is C17H28BNO7. The molecule has 0 aromatic heterocycles. The Balaban J connectivity index is 2.87. The normalized spacial score (nSPS) is 12.4. The molecule has 1 atom stereocenters. The first-order chi connectivity index (χ1) is 12.2. The fraction of sp³-hybridized carbons (Fsp3) is 0.588. The van der Waals surface area contributed by atoms with Crippen molar-refractivity contribution in [3.63, 3.8) is 0 Å². The van der Waals surface area contributed by atoms with Crippen molar-refractivity contribution < 1.29 is 33.8 Å². The first-order valence-electron chi connectivity index (χ1n) is 8.25. The Labute approximate surface area is 154 Å². The van der Waals surface area contributed by atoms with Gasteiger partial charge in [-0.25, -0.2) is 4.79 Å². The van der Waals surface area contributed by atoms with Crippen molar-refractivity contribution in [2.45, 2.75) is 38.8 Å². The van der Waals surface area contributed by atoms with Crippen LogP contribution < -0.4 is 15.5 Å². The summed E-state index contributed by atoms with van der Waals surface area (Å²) in [5.74, 6) is 0.371. The van der Waals surface area contributed by atoms with Crippen LogP contribution in [0.25, 0.3) is 0 Å². The van der Waals surface area contributed by atoms with Gasteiger partial charge in [-0.05, 0) is 38.8 Å². The van der Waals surface area contributed by atoms with Crippen LogP contribution in [0.1, 0.15) is 26.3 Å². The van der Waals surface area contributed by atoms with Crippen LogP contribution in [0.2, 0.25) is 0 Å². The highest BCUT2D eigenvalue weighted by Crippen LogP contribution is 2.13. The molecule has 0 fully saturated rings. The lowest BCUT2D eigenvalue weighted by molar-refractivity contribution is -0.0388. The maximum Gasteiger partial charge on any atom is 0.492 e. The van der Waals surface area contributed by atoms with E-state index >= 15 is 0 Å². The summed E-state index contributed by atoms with van der Waals surface area (Å²) in [6.07, 6.45) is -0.161. The lowest BCUT2D eigenvalue weighted by Gasteiger charge is -2.24. The van der Waals surface area contributed by atoms with E-state index in [-0.39, 0.29) is 18.9 Å². The Morgan fingerprint density at radius 2 is 1.96 bits per heavy atom. The summed E-state index contributed by atoms with van der Waals surface area (Å²) in [4.78, 5) is 12.0. The summed E-state index contributed by atoms with van der Waals surface area (Å²) in [6, 6.07) is 4.65. The molecule has 26 heavy (non-hydrogen) atoms. The number of ether oxygens (including phenoxy) is 4. The molecule has 1 amide bonds. The van der Waals surface area contributed by atoms with E-state index < -0.39 is 24.9 Å². The summed E-state index contributed by atoms with van der Waals surface area (Å²) in [7, 11) is 1.30. The third-order valence-electron chi connectivity index (χ3n) is 3.30. The average Bonchev–Trinajstić information content (AvgIpc) is 2.53. The van der Waals surface area contributed by atoms with Gasteiger partial charge in [0.05, 0.1) is 19.8 Å². The molecule has 8 nitrogen and oxygen atoms in total. The zero-order chi connectivity index (χ0) is 19.7. The van der Waals surface area contributed by atoms with Crippen LogP contribution >= 0.6 is 0 Å². The number of nitrogens with one attached hydrogen (secondary N) is 1. The van der Waals surface area contributed by atoms with Gasteiger partial charge in [-0.15, -0.1) is 0 Å². The van der Waals surface area contributed by atoms with Crippen molar-refractivity contribution in [1.82, 2.24) is 5.32 Å². The predicted molar refractivity (Wildman–Crippen MR) is 97.5 cm³/mol. The molecule has 1 rings (SSSR count). The van der Waals surface area contributed by atoms with Crippen LogP contribution in [0.3, 0.4) is 0 Å². The highest BCUT2D eigenvalue weighted by Gasteiger charge is 2.22. The topological polar surface area (TPSA) is 106 Å². The zero-order valence-electron chi connectivity index (χ0n) is 15.9. The molecule has 0 aliphatic carbocycles. The van der Waals surface area contributed by atoms with E-state index in [1.807, 2.05) is 0 Å². The van der Waals surface area contributed by atoms with Crippen LogP contribution in [0, 0.1) is 0 Å². The fourth-order valence-corrected chi connectivity index (χ4v) is 2.30. The second-order valence-electron chi connectivity index (χ2n) is 6.77. The molecule has 0 aliphatic rings. The molecule has 0 unspecified atom stereocenters. The average molecular weight is 369 g/mol. The third kappa shape index (κ3) is 8.05. The molecule has 0 spiro atoms. The van der Waals surface area contributed by atoms with Gasteiger partial charge in [0.1, 0.15) is 18.1 Å². The largest absolute Gasteiger partial charge is 0.497 e. The Morgan fingerprint density at radius 1 is 1.27 bits per heavy atom. The number of rotatable bonds is 9. The smallest absolute Gasteiger partial charge is 0.492 e. The van der Waals surface area contributed by atoms with Crippen molar-refractivity contribution in [3.8, 4) is 5.75 Å². The van der Waals surface area contributed by atoms with Gasteiger partial charge in [0.15, 0.2) is 0 Å². The number of amides is 1. The van der Waals surface area contributed by atoms with Gasteiger partial charge in [-0.3, -0.25) is 0 Å². The molecule has 0 aliphatic heterocycles. The van der Waals surface area contributed by atoms with Crippen LogP contribution in [-0.2, 0) is 20.6 Å². The van der Waals surface area contributed by atoms with Gasteiger partial charge in [0.25, 0.3) is 0 Å². The Hall–Kier alpha value is -1.81. The molecule has 0 bridgehead atoms. The number of methoxy groups -OCH3 is 2. The number of hydrogen-bond acceptors (Lipinski definition) is 7. The second-order valence-corrected chi connectivity index (χ2v) is 6.77. The van der Waals surface area contributed by atoms with E-state index in [0.29, 0.717) is 12.2 Å². The lowest BCUT2D eigenvalue weighted by atomic mass is 9.78. The zero-order valence-corrected chi connectivity index (χ0v) is 15.9. The molecule has 146 valence electrons. The van der Waals surface area contributed by atoms with Crippen molar-refractivity contribution in [1.29, 1.82) is 0 Å². The van der Waals surface area contributed by atoms with E-state index in [9.17, 15) is 14.8 Å². The Morgan fingerprint density at radius 3 is 2.50 bits per heavy atom. The van der Waals surface area contributed by atoms with Gasteiger partial charge in [-0.2, -0.15) is 0 Å². The fourth-order valence-electron chi connectivity index (χ4n) is 2.30. The molecule has 1 aromatic rings. The van der Waals surface area contributed by atoms with E-state index in [0.717, 1.165) is 5.56 Å². The lowest BCUT2D eigenvalue weighted by Crippen LogP contribution is -2.43. The summed E-state index contributed by atoms with van der Waals surface area (Å²) in [6.45, 7) is 5.63. The van der Waals surface area contributed by atoms with Crippen LogP contribution in [0.5, 0.6) is 5.75 Å². The highest BCUT2D eigenvalue weighted by molar-refractivity contribution is 6.59. The van der Waals surface area contributed by atoms with E-state index in [2.05, 4.69) is 5.32 Å². The highest BCUT2D eigenvalue weighted by atomic mass is 16.7. The molecule has 1 aromatic carbocycles. The summed E-state index contributed by atoms with van der Waals surface area (Å²) in [5, 5.41) is 21.7. The first kappa shape index (κ1) is 22.2. The van der Waals surface area contributed by atoms with Crippen LogP contribution in [0.4, 0.5) is 4.79 Å². The summed E-state index contributed by atoms with van der Waals surface area (Å²) < 4.78 is 20.6. The second kappa shape index (κ2) is 10.4.